The number of aromatic nitrogens is 1. The van der Waals surface area contributed by atoms with Gasteiger partial charge in [0.1, 0.15) is 11.3 Å². The molecule has 0 saturated carbocycles. The minimum Gasteiger partial charge on any atom is -0.436 e. The van der Waals surface area contributed by atoms with Crippen LogP contribution in [0.4, 0.5) is 14.5 Å². The van der Waals surface area contributed by atoms with Crippen molar-refractivity contribution in [1.82, 2.24) is 9.71 Å². The molecular weight excluding hydrogens is 520 g/mol. The Hall–Kier alpha value is -3.87. The summed E-state index contributed by atoms with van der Waals surface area (Å²) in [7, 11) is -2.61. The summed E-state index contributed by atoms with van der Waals surface area (Å²) in [5.74, 6) is -1.46. The highest BCUT2D eigenvalue weighted by atomic mass is 32.2. The number of benzene rings is 2. The Labute approximate surface area is 217 Å². The normalized spacial score (nSPS) is 11.6. The molecule has 0 atom stereocenters. The fraction of sp³-hybridized carbons (Fsp3) is 0.231. The molecule has 0 spiro atoms. The molecule has 9 nitrogen and oxygen atoms in total. The molecule has 2 aromatic carbocycles. The van der Waals surface area contributed by atoms with Gasteiger partial charge in [-0.1, -0.05) is 19.1 Å². The number of halogens is 2. The number of pyridine rings is 1. The number of aryl methyl sites for hydroxylation is 1. The number of nitrogens with one attached hydrogen (secondary N) is 2. The van der Waals surface area contributed by atoms with Gasteiger partial charge in [-0.05, 0) is 47.9 Å². The van der Waals surface area contributed by atoms with E-state index in [0.29, 0.717) is 17.4 Å². The van der Waals surface area contributed by atoms with Crippen LogP contribution in [-0.4, -0.2) is 33.7 Å². The first-order chi connectivity index (χ1) is 18.2. The highest BCUT2D eigenvalue weighted by Crippen LogP contribution is 2.30. The number of methoxy groups -OCH3 is 1. The second-order valence-corrected chi connectivity index (χ2v) is 9.70. The third kappa shape index (κ3) is 6.15. The van der Waals surface area contributed by atoms with Crippen LogP contribution in [0.15, 0.2) is 63.9 Å². The predicted octanol–water partition coefficient (Wildman–Crippen LogP) is 4.30. The second kappa shape index (κ2) is 11.7. The molecule has 2 heterocycles. The maximum absolute atomic E-state index is 15.3. The quantitative estimate of drug-likeness (QED) is 0.213. The number of anilines is 1. The van der Waals surface area contributed by atoms with Crippen molar-refractivity contribution in [2.75, 3.05) is 25.0 Å². The molecule has 200 valence electrons. The maximum Gasteiger partial charge on any atom is 0.340 e. The van der Waals surface area contributed by atoms with Crippen LogP contribution in [-0.2, 0) is 27.8 Å². The van der Waals surface area contributed by atoms with E-state index in [1.54, 1.807) is 12.1 Å². The Kier molecular flexibility index (Phi) is 8.35. The van der Waals surface area contributed by atoms with E-state index in [1.165, 1.54) is 49.7 Å². The summed E-state index contributed by atoms with van der Waals surface area (Å²) in [4.78, 5) is 16.8. The van der Waals surface area contributed by atoms with Gasteiger partial charge < -0.3 is 13.9 Å². The first-order valence-corrected chi connectivity index (χ1v) is 13.1. The first kappa shape index (κ1) is 27.2. The Morgan fingerprint density at radius 1 is 1.08 bits per heavy atom. The molecule has 0 aliphatic rings. The van der Waals surface area contributed by atoms with Crippen molar-refractivity contribution in [1.29, 1.82) is 0 Å². The van der Waals surface area contributed by atoms with Crippen molar-refractivity contribution in [3.05, 3.63) is 93.5 Å². The lowest BCUT2D eigenvalue weighted by Crippen LogP contribution is -2.33. The third-order valence-corrected chi connectivity index (χ3v) is 6.75. The summed E-state index contributed by atoms with van der Waals surface area (Å²) in [6.45, 7) is 2.00. The van der Waals surface area contributed by atoms with Crippen LogP contribution in [0.1, 0.15) is 23.6 Å². The summed E-state index contributed by atoms with van der Waals surface area (Å²) in [6, 6.07) is 11.6. The van der Waals surface area contributed by atoms with Crippen molar-refractivity contribution in [2.45, 2.75) is 19.8 Å². The summed E-state index contributed by atoms with van der Waals surface area (Å²) in [5, 5.41) is 0.607. The highest BCUT2D eigenvalue weighted by Gasteiger charge is 2.19. The summed E-state index contributed by atoms with van der Waals surface area (Å²) in [6.07, 6.45) is 1.69. The fourth-order valence-electron chi connectivity index (χ4n) is 3.93. The molecule has 0 fully saturated rings. The van der Waals surface area contributed by atoms with Gasteiger partial charge in [-0.3, -0.25) is 4.72 Å². The largest absolute Gasteiger partial charge is 0.436 e. The SMILES string of the molecule is CCc1c(Cc2cccc(NS(=O)(=O)NCCOC)c2F)c(=O)oc2cc(Oc3ncccc3F)ccc12. The summed E-state index contributed by atoms with van der Waals surface area (Å²) in [5.41, 5.74) is 0.254. The zero-order valence-electron chi connectivity index (χ0n) is 20.6. The lowest BCUT2D eigenvalue weighted by Gasteiger charge is -2.14. The topological polar surface area (TPSA) is 120 Å². The fourth-order valence-corrected chi connectivity index (χ4v) is 4.80. The second-order valence-electron chi connectivity index (χ2n) is 8.20. The van der Waals surface area contributed by atoms with Gasteiger partial charge >= 0.3 is 5.63 Å². The van der Waals surface area contributed by atoms with Gasteiger partial charge in [-0.25, -0.2) is 18.6 Å². The standard InChI is InChI=1S/C26H25F2N3O6S/c1-3-18-19-10-9-17(36-25-21(27)7-5-11-29-25)15-23(19)37-26(32)20(18)14-16-6-4-8-22(24(16)28)31-38(33,34)30-12-13-35-2/h4-11,15,30-31H,3,12-14H2,1-2H3. The molecule has 38 heavy (non-hydrogen) atoms. The minimum atomic E-state index is -4.04. The van der Waals surface area contributed by atoms with Crippen LogP contribution >= 0.6 is 0 Å². The van der Waals surface area contributed by atoms with E-state index in [2.05, 4.69) is 14.4 Å². The molecule has 0 amide bonds. The number of nitrogens with zero attached hydrogens (tertiary/aromatic N) is 1. The molecular formula is C26H25F2N3O6S. The molecule has 0 unspecified atom stereocenters. The van der Waals surface area contributed by atoms with E-state index < -0.39 is 27.5 Å². The number of ether oxygens (including phenoxy) is 2. The lowest BCUT2D eigenvalue weighted by molar-refractivity contribution is 0.204. The van der Waals surface area contributed by atoms with E-state index in [1.807, 2.05) is 6.92 Å². The van der Waals surface area contributed by atoms with Crippen molar-refractivity contribution in [2.24, 2.45) is 0 Å². The monoisotopic (exact) mass is 545 g/mol. The van der Waals surface area contributed by atoms with E-state index >= 15 is 4.39 Å². The van der Waals surface area contributed by atoms with Crippen molar-refractivity contribution in [3.63, 3.8) is 0 Å². The molecule has 0 aliphatic heterocycles. The van der Waals surface area contributed by atoms with Gasteiger partial charge in [0.2, 0.25) is 0 Å². The molecule has 4 aromatic rings. The van der Waals surface area contributed by atoms with Crippen LogP contribution in [0.25, 0.3) is 11.0 Å². The number of hydrogen-bond donors (Lipinski definition) is 2. The van der Waals surface area contributed by atoms with Gasteiger partial charge in [-0.15, -0.1) is 0 Å². The molecule has 12 heteroatoms. The van der Waals surface area contributed by atoms with Crippen LogP contribution in [0, 0.1) is 11.6 Å². The Morgan fingerprint density at radius 2 is 1.89 bits per heavy atom. The average Bonchev–Trinajstić information content (AvgIpc) is 2.88. The summed E-state index contributed by atoms with van der Waals surface area (Å²) < 4.78 is 73.8. The summed E-state index contributed by atoms with van der Waals surface area (Å²) >= 11 is 0. The van der Waals surface area contributed by atoms with Gasteiger partial charge in [-0.2, -0.15) is 13.1 Å². The Balaban J connectivity index is 1.65. The molecule has 0 radical (unpaired) electrons. The molecule has 4 rings (SSSR count). The average molecular weight is 546 g/mol. The minimum absolute atomic E-state index is 0.00863. The third-order valence-electron chi connectivity index (χ3n) is 5.67. The molecule has 0 aliphatic carbocycles. The number of rotatable bonds is 11. The molecule has 2 aromatic heterocycles. The van der Waals surface area contributed by atoms with Crippen LogP contribution < -0.4 is 19.8 Å². The van der Waals surface area contributed by atoms with Crippen LogP contribution in [0.5, 0.6) is 11.6 Å². The Bertz CT molecular complexity index is 1630. The van der Waals surface area contributed by atoms with E-state index in [0.717, 1.165) is 0 Å². The highest BCUT2D eigenvalue weighted by molar-refractivity contribution is 7.90. The van der Waals surface area contributed by atoms with E-state index in [4.69, 9.17) is 13.9 Å². The first-order valence-electron chi connectivity index (χ1n) is 11.6. The van der Waals surface area contributed by atoms with Crippen LogP contribution in [0.2, 0.25) is 0 Å². The molecule has 2 N–H and O–H groups in total. The van der Waals surface area contributed by atoms with Crippen LogP contribution in [0.3, 0.4) is 0 Å². The molecule has 0 bridgehead atoms. The lowest BCUT2D eigenvalue weighted by atomic mass is 9.96. The predicted molar refractivity (Wildman–Crippen MR) is 138 cm³/mol. The number of fused-ring (bicyclic) bond motifs is 1. The Morgan fingerprint density at radius 3 is 2.63 bits per heavy atom. The smallest absolute Gasteiger partial charge is 0.340 e. The molecule has 0 saturated heterocycles. The van der Waals surface area contributed by atoms with Gasteiger partial charge in [0, 0.05) is 43.3 Å². The number of hydrogen-bond acceptors (Lipinski definition) is 7. The van der Waals surface area contributed by atoms with Gasteiger partial charge in [0.05, 0.1) is 12.3 Å². The zero-order valence-corrected chi connectivity index (χ0v) is 21.4. The van der Waals surface area contributed by atoms with Gasteiger partial charge in [0.25, 0.3) is 16.1 Å². The maximum atomic E-state index is 15.3. The van der Waals surface area contributed by atoms with Crippen molar-refractivity contribution >= 4 is 26.9 Å². The van der Waals surface area contributed by atoms with E-state index in [9.17, 15) is 17.6 Å². The van der Waals surface area contributed by atoms with E-state index in [-0.39, 0.29) is 53.6 Å². The van der Waals surface area contributed by atoms with Gasteiger partial charge in [0.15, 0.2) is 11.6 Å². The van der Waals surface area contributed by atoms with Crippen molar-refractivity contribution in [3.8, 4) is 11.6 Å². The van der Waals surface area contributed by atoms with Crippen molar-refractivity contribution < 1.29 is 31.1 Å². The zero-order chi connectivity index (χ0) is 27.3.